The van der Waals surface area contributed by atoms with Crippen LogP contribution in [0.1, 0.15) is 27.8 Å². The van der Waals surface area contributed by atoms with Gasteiger partial charge >= 0.3 is 0 Å². The molecule has 2 heterocycles. The molecule has 29 heavy (non-hydrogen) atoms. The molecule has 3 aromatic rings. The highest BCUT2D eigenvalue weighted by Crippen LogP contribution is 2.23. The van der Waals surface area contributed by atoms with Crippen molar-refractivity contribution in [3.05, 3.63) is 125 Å². The molecular formula is C27H26N2. The van der Waals surface area contributed by atoms with Gasteiger partial charge in [0.1, 0.15) is 18.8 Å². The van der Waals surface area contributed by atoms with Crippen molar-refractivity contribution in [2.24, 2.45) is 0 Å². The van der Waals surface area contributed by atoms with Crippen molar-refractivity contribution in [2.75, 3.05) is 13.1 Å². The minimum atomic E-state index is 0.987. The van der Waals surface area contributed by atoms with E-state index < -0.39 is 0 Å². The van der Waals surface area contributed by atoms with Gasteiger partial charge in [-0.2, -0.15) is 0 Å². The Labute approximate surface area is 173 Å². The molecule has 0 N–H and O–H groups in total. The van der Waals surface area contributed by atoms with Crippen LogP contribution in [0.25, 0.3) is 0 Å². The van der Waals surface area contributed by atoms with Crippen molar-refractivity contribution in [3.8, 4) is 0 Å². The van der Waals surface area contributed by atoms with Crippen LogP contribution in [0, 0.1) is 6.04 Å². The van der Waals surface area contributed by atoms with Crippen LogP contribution in [0.2, 0.25) is 0 Å². The van der Waals surface area contributed by atoms with Gasteiger partial charge in [0.25, 0.3) is 0 Å². The highest BCUT2D eigenvalue weighted by molar-refractivity contribution is 5.79. The molecule has 0 radical (unpaired) electrons. The van der Waals surface area contributed by atoms with Gasteiger partial charge in [0, 0.05) is 25.1 Å². The highest BCUT2D eigenvalue weighted by atomic mass is 15.1. The minimum absolute atomic E-state index is 0.987. The summed E-state index contributed by atoms with van der Waals surface area (Å²) < 4.78 is 2.41. The van der Waals surface area contributed by atoms with Crippen molar-refractivity contribution >= 4 is 6.21 Å². The summed E-state index contributed by atoms with van der Waals surface area (Å²) in [6, 6.07) is 29.5. The normalized spacial score (nSPS) is 15.6. The molecule has 2 aliphatic rings. The third-order valence-electron chi connectivity index (χ3n) is 5.95. The molecule has 0 fully saturated rings. The van der Waals surface area contributed by atoms with E-state index in [0.29, 0.717) is 0 Å². The van der Waals surface area contributed by atoms with Gasteiger partial charge < -0.3 is 4.90 Å². The fourth-order valence-electron chi connectivity index (χ4n) is 4.34. The monoisotopic (exact) mass is 378 g/mol. The van der Waals surface area contributed by atoms with Gasteiger partial charge in [-0.1, -0.05) is 78.5 Å². The summed E-state index contributed by atoms with van der Waals surface area (Å²) in [5, 5.41) is 0. The molecule has 144 valence electrons. The Morgan fingerprint density at radius 2 is 1.48 bits per heavy atom. The van der Waals surface area contributed by atoms with Crippen molar-refractivity contribution in [1.29, 1.82) is 0 Å². The van der Waals surface area contributed by atoms with Crippen LogP contribution in [0.4, 0.5) is 0 Å². The van der Waals surface area contributed by atoms with E-state index >= 15 is 0 Å². The number of benzene rings is 3. The fourth-order valence-corrected chi connectivity index (χ4v) is 4.34. The molecule has 2 aliphatic heterocycles. The van der Waals surface area contributed by atoms with Gasteiger partial charge in [0.15, 0.2) is 0 Å². The van der Waals surface area contributed by atoms with Crippen LogP contribution in [-0.4, -0.2) is 28.8 Å². The van der Waals surface area contributed by atoms with E-state index in [1.54, 1.807) is 0 Å². The zero-order valence-electron chi connectivity index (χ0n) is 16.7. The average molecular weight is 379 g/mol. The standard InChI is InChI=1S/C27H26N2/c1-2-10-24(11-3-1)27(29-19-15-23-9-5-7-13-26(23)21-29)16-18-28-17-14-22-8-4-6-12-25(22)20-28/h1-13,16,18,21H,14-15,17,19-20H2/b18-16+. The molecule has 0 unspecified atom stereocenters. The lowest BCUT2D eigenvalue weighted by atomic mass is 9.99. The summed E-state index contributed by atoms with van der Waals surface area (Å²) in [7, 11) is 0. The maximum atomic E-state index is 2.43. The summed E-state index contributed by atoms with van der Waals surface area (Å²) >= 11 is 0. The minimum Gasteiger partial charge on any atom is -0.404 e. The van der Waals surface area contributed by atoms with E-state index in [1.807, 2.05) is 0 Å². The van der Waals surface area contributed by atoms with E-state index in [0.717, 1.165) is 32.5 Å². The Morgan fingerprint density at radius 3 is 2.34 bits per heavy atom. The quantitative estimate of drug-likeness (QED) is 0.466. The number of nitrogens with zero attached hydrogens (tertiary/aromatic N) is 2. The number of hydrogen-bond donors (Lipinski definition) is 0. The molecule has 0 saturated carbocycles. The Balaban J connectivity index is 1.44. The summed E-state index contributed by atoms with van der Waals surface area (Å²) in [6.07, 6.45) is 9.08. The Morgan fingerprint density at radius 1 is 0.759 bits per heavy atom. The average Bonchev–Trinajstić information content (AvgIpc) is 2.80. The molecule has 0 aromatic heterocycles. The molecule has 0 aliphatic carbocycles. The first-order valence-electron chi connectivity index (χ1n) is 10.5. The number of hydrogen-bond acceptors (Lipinski definition) is 1. The Kier molecular flexibility index (Phi) is 4.92. The predicted octanol–water partition coefficient (Wildman–Crippen LogP) is 4.83. The summed E-state index contributed by atoms with van der Waals surface area (Å²) in [6.45, 7) is 3.07. The molecule has 0 bridgehead atoms. The van der Waals surface area contributed by atoms with Gasteiger partial charge in [-0.3, -0.25) is 4.58 Å². The van der Waals surface area contributed by atoms with Crippen LogP contribution in [-0.2, 0) is 19.4 Å². The smallest absolute Gasteiger partial charge is 0.138 e. The first-order chi connectivity index (χ1) is 14.4. The van der Waals surface area contributed by atoms with Crippen molar-refractivity contribution < 1.29 is 4.58 Å². The fraction of sp³-hybridized carbons (Fsp3) is 0.185. The van der Waals surface area contributed by atoms with Crippen molar-refractivity contribution in [1.82, 2.24) is 4.90 Å². The van der Waals surface area contributed by atoms with E-state index in [1.165, 1.54) is 33.9 Å². The molecule has 2 heteroatoms. The second-order valence-corrected chi connectivity index (χ2v) is 7.83. The second-order valence-electron chi connectivity index (χ2n) is 7.83. The maximum absolute atomic E-state index is 2.43. The molecule has 0 amide bonds. The van der Waals surface area contributed by atoms with E-state index in [4.69, 9.17) is 0 Å². The molecular weight excluding hydrogens is 352 g/mol. The summed E-state index contributed by atoms with van der Waals surface area (Å²) in [5.41, 5.74) is 6.96. The summed E-state index contributed by atoms with van der Waals surface area (Å²) in [5.74, 6) is 0. The lowest BCUT2D eigenvalue weighted by Crippen LogP contribution is -2.28. The van der Waals surface area contributed by atoms with Gasteiger partial charge in [-0.05, 0) is 29.2 Å². The first kappa shape index (κ1) is 17.8. The first-order valence-corrected chi connectivity index (χ1v) is 10.5. The van der Waals surface area contributed by atoms with Gasteiger partial charge in [0.2, 0.25) is 0 Å². The lowest BCUT2D eigenvalue weighted by Gasteiger charge is -2.30. The summed E-state index contributed by atoms with van der Waals surface area (Å²) in [4.78, 5) is 2.43. The van der Waals surface area contributed by atoms with E-state index in [9.17, 15) is 0 Å². The molecule has 3 aromatic carbocycles. The topological polar surface area (TPSA) is 6.25 Å². The maximum Gasteiger partial charge on any atom is 0.138 e. The van der Waals surface area contributed by atoms with Crippen LogP contribution < -0.4 is 0 Å². The van der Waals surface area contributed by atoms with Crippen molar-refractivity contribution in [3.63, 3.8) is 0 Å². The number of rotatable bonds is 4. The zero-order chi connectivity index (χ0) is 19.5. The lowest BCUT2D eigenvalue weighted by molar-refractivity contribution is -0.496. The molecule has 0 saturated heterocycles. The van der Waals surface area contributed by atoms with Gasteiger partial charge in [-0.25, -0.2) is 0 Å². The van der Waals surface area contributed by atoms with Crippen molar-refractivity contribution in [2.45, 2.75) is 19.4 Å². The van der Waals surface area contributed by atoms with E-state index in [2.05, 4.69) is 107 Å². The number of fused-ring (bicyclic) bond motifs is 2. The van der Waals surface area contributed by atoms with Crippen LogP contribution >= 0.6 is 0 Å². The highest BCUT2D eigenvalue weighted by Gasteiger charge is 2.21. The largest absolute Gasteiger partial charge is 0.404 e. The third kappa shape index (κ3) is 3.84. The second kappa shape index (κ2) is 8.00. The molecule has 0 atom stereocenters. The van der Waals surface area contributed by atoms with Crippen LogP contribution in [0.15, 0.2) is 91.1 Å². The zero-order valence-corrected chi connectivity index (χ0v) is 16.7. The van der Waals surface area contributed by atoms with Crippen LogP contribution in [0.5, 0.6) is 0 Å². The molecule has 2 nitrogen and oxygen atoms in total. The van der Waals surface area contributed by atoms with E-state index in [-0.39, 0.29) is 0 Å². The van der Waals surface area contributed by atoms with Crippen LogP contribution in [0.3, 0.4) is 0 Å². The van der Waals surface area contributed by atoms with Gasteiger partial charge in [0.05, 0.1) is 0 Å². The Bertz CT molecular complexity index is 1050. The SMILES string of the molecule is C1=[N+]([C-](/C=C/N2CCc3ccccc3C2)c2ccccc2)CCc2ccccc21. The van der Waals surface area contributed by atoms with Gasteiger partial charge in [-0.15, -0.1) is 12.1 Å². The molecule has 5 rings (SSSR count). The third-order valence-corrected chi connectivity index (χ3v) is 5.95. The molecule has 0 spiro atoms. The predicted molar refractivity (Wildman–Crippen MR) is 119 cm³/mol. The Hall–Kier alpha value is -3.26.